The summed E-state index contributed by atoms with van der Waals surface area (Å²) < 4.78 is 0. The van der Waals surface area contributed by atoms with E-state index in [0.29, 0.717) is 5.82 Å². The van der Waals surface area contributed by atoms with Gasteiger partial charge >= 0.3 is 0 Å². The van der Waals surface area contributed by atoms with Crippen molar-refractivity contribution in [3.63, 3.8) is 0 Å². The van der Waals surface area contributed by atoms with Gasteiger partial charge in [-0.25, -0.2) is 15.8 Å². The summed E-state index contributed by atoms with van der Waals surface area (Å²) in [4.78, 5) is 11.1. The fourth-order valence-corrected chi connectivity index (χ4v) is 2.21. The molecule has 2 rings (SSSR count). The van der Waals surface area contributed by atoms with Gasteiger partial charge < -0.3 is 10.3 Å². The summed E-state index contributed by atoms with van der Waals surface area (Å²) in [7, 11) is 2.03. The van der Waals surface area contributed by atoms with E-state index < -0.39 is 0 Å². The van der Waals surface area contributed by atoms with Crippen LogP contribution in [-0.2, 0) is 13.0 Å². The monoisotopic (exact) mass is 285 g/mol. The molecule has 1 heterocycles. The molecule has 0 saturated carbocycles. The highest BCUT2D eigenvalue weighted by molar-refractivity contribution is 5.49. The van der Waals surface area contributed by atoms with E-state index in [-0.39, 0.29) is 0 Å². The van der Waals surface area contributed by atoms with Gasteiger partial charge in [0.05, 0.1) is 0 Å². The molecule has 3 N–H and O–H groups in total. The van der Waals surface area contributed by atoms with E-state index >= 15 is 0 Å². The second-order valence-electron chi connectivity index (χ2n) is 5.20. The molecule has 0 aliphatic carbocycles. The summed E-state index contributed by atoms with van der Waals surface area (Å²) in [6.07, 6.45) is 1.86. The summed E-state index contributed by atoms with van der Waals surface area (Å²) in [6.45, 7) is 5.04. The van der Waals surface area contributed by atoms with Crippen molar-refractivity contribution < 1.29 is 0 Å². The van der Waals surface area contributed by atoms with Crippen molar-refractivity contribution in [2.45, 2.75) is 33.2 Å². The summed E-state index contributed by atoms with van der Waals surface area (Å²) in [6, 6.07) is 10.3. The second-order valence-corrected chi connectivity index (χ2v) is 5.20. The van der Waals surface area contributed by atoms with Gasteiger partial charge in [-0.15, -0.1) is 0 Å². The van der Waals surface area contributed by atoms with Crippen molar-refractivity contribution in [1.82, 2.24) is 9.97 Å². The molecule has 0 radical (unpaired) electrons. The Kier molecular flexibility index (Phi) is 5.11. The molecule has 5 nitrogen and oxygen atoms in total. The molecule has 112 valence electrons. The number of benzene rings is 1. The number of anilines is 2. The highest BCUT2D eigenvalue weighted by Crippen LogP contribution is 2.18. The normalized spacial score (nSPS) is 10.5. The fourth-order valence-electron chi connectivity index (χ4n) is 2.21. The van der Waals surface area contributed by atoms with Gasteiger partial charge in [0, 0.05) is 26.1 Å². The van der Waals surface area contributed by atoms with Crippen LogP contribution in [0.15, 0.2) is 30.3 Å². The maximum absolute atomic E-state index is 5.50. The number of hydrogen-bond acceptors (Lipinski definition) is 5. The molecule has 0 fully saturated rings. The van der Waals surface area contributed by atoms with Crippen LogP contribution in [0.2, 0.25) is 0 Å². The van der Waals surface area contributed by atoms with Crippen molar-refractivity contribution in [2.24, 2.45) is 5.84 Å². The summed E-state index contributed by atoms with van der Waals surface area (Å²) in [5, 5.41) is 0. The number of hydrogen-bond donors (Lipinski definition) is 2. The third-order valence-electron chi connectivity index (χ3n) is 3.44. The minimum atomic E-state index is 0.653. The molecule has 0 saturated heterocycles. The van der Waals surface area contributed by atoms with E-state index in [2.05, 4.69) is 58.4 Å². The molecule has 1 aromatic heterocycles. The topological polar surface area (TPSA) is 67.1 Å². The van der Waals surface area contributed by atoms with E-state index in [1.165, 1.54) is 11.1 Å². The number of rotatable bonds is 6. The van der Waals surface area contributed by atoms with Crippen LogP contribution in [0.3, 0.4) is 0 Å². The predicted octanol–water partition coefficient (Wildman–Crippen LogP) is 2.66. The number of nitrogens with one attached hydrogen (secondary N) is 1. The molecule has 0 atom stereocenters. The molecule has 0 unspecified atom stereocenters. The molecule has 0 spiro atoms. The molecule has 0 bridgehead atoms. The smallest absolute Gasteiger partial charge is 0.145 e. The van der Waals surface area contributed by atoms with Crippen LogP contribution in [0.5, 0.6) is 0 Å². The van der Waals surface area contributed by atoms with Crippen LogP contribution < -0.4 is 16.2 Å². The first-order chi connectivity index (χ1) is 10.1. The van der Waals surface area contributed by atoms with Crippen LogP contribution in [0, 0.1) is 6.92 Å². The Balaban J connectivity index is 2.23. The predicted molar refractivity (Wildman–Crippen MR) is 87.1 cm³/mol. The second kappa shape index (κ2) is 7.04. The van der Waals surface area contributed by atoms with Crippen molar-refractivity contribution in [3.05, 3.63) is 47.3 Å². The van der Waals surface area contributed by atoms with E-state index in [1.54, 1.807) is 0 Å². The lowest BCUT2D eigenvalue weighted by molar-refractivity contribution is 0.811. The van der Waals surface area contributed by atoms with Crippen LogP contribution in [0.25, 0.3) is 0 Å². The number of aromatic nitrogens is 2. The van der Waals surface area contributed by atoms with E-state index in [4.69, 9.17) is 5.84 Å². The highest BCUT2D eigenvalue weighted by Gasteiger charge is 2.09. The number of hydrazine groups is 1. The molecule has 0 aliphatic heterocycles. The Morgan fingerprint density at radius 3 is 2.67 bits per heavy atom. The standard InChI is InChI=1S/C16H23N5/c1-4-7-14-18-15(20-17)10-16(19-14)21(3)11-13-9-6-5-8-12(13)2/h5-6,8-10H,4,7,11,17H2,1-3H3,(H,18,19,20). The Hall–Kier alpha value is -2.14. The van der Waals surface area contributed by atoms with Crippen molar-refractivity contribution >= 4 is 11.6 Å². The summed E-state index contributed by atoms with van der Waals surface area (Å²) >= 11 is 0. The summed E-state index contributed by atoms with van der Waals surface area (Å²) in [5.74, 6) is 7.85. The lowest BCUT2D eigenvalue weighted by Gasteiger charge is -2.20. The zero-order valence-corrected chi connectivity index (χ0v) is 12.9. The Morgan fingerprint density at radius 2 is 2.00 bits per heavy atom. The van der Waals surface area contributed by atoms with Crippen molar-refractivity contribution in [3.8, 4) is 0 Å². The average molecular weight is 285 g/mol. The van der Waals surface area contributed by atoms with Gasteiger partial charge in [0.2, 0.25) is 0 Å². The SMILES string of the molecule is CCCc1nc(NN)cc(N(C)Cc2ccccc2C)n1. The molecular formula is C16H23N5. The minimum Gasteiger partial charge on any atom is -0.355 e. The van der Waals surface area contributed by atoms with Gasteiger partial charge in [-0.2, -0.15) is 0 Å². The lowest BCUT2D eigenvalue weighted by Crippen LogP contribution is -2.20. The minimum absolute atomic E-state index is 0.653. The third-order valence-corrected chi connectivity index (χ3v) is 3.44. The Morgan fingerprint density at radius 1 is 1.24 bits per heavy atom. The Bertz CT molecular complexity index is 597. The van der Waals surface area contributed by atoms with Gasteiger partial charge in [0.15, 0.2) is 0 Å². The molecule has 0 aliphatic rings. The van der Waals surface area contributed by atoms with Gasteiger partial charge in [0.25, 0.3) is 0 Å². The fraction of sp³-hybridized carbons (Fsp3) is 0.375. The number of aryl methyl sites for hydroxylation is 2. The average Bonchev–Trinajstić information content (AvgIpc) is 2.49. The largest absolute Gasteiger partial charge is 0.355 e. The van der Waals surface area contributed by atoms with Crippen LogP contribution in [0.4, 0.5) is 11.6 Å². The maximum Gasteiger partial charge on any atom is 0.145 e. The molecule has 1 aromatic carbocycles. The first kappa shape index (κ1) is 15.3. The molecule has 2 aromatic rings. The van der Waals surface area contributed by atoms with Gasteiger partial charge in [-0.3, -0.25) is 0 Å². The number of nitrogens with two attached hydrogens (primary N) is 1. The zero-order chi connectivity index (χ0) is 15.2. The lowest BCUT2D eigenvalue weighted by atomic mass is 10.1. The van der Waals surface area contributed by atoms with Crippen molar-refractivity contribution in [2.75, 3.05) is 17.4 Å². The molecule has 0 amide bonds. The van der Waals surface area contributed by atoms with Gasteiger partial charge in [-0.1, -0.05) is 31.2 Å². The third kappa shape index (κ3) is 3.92. The quantitative estimate of drug-likeness (QED) is 0.631. The molecular weight excluding hydrogens is 262 g/mol. The van der Waals surface area contributed by atoms with Crippen LogP contribution in [-0.4, -0.2) is 17.0 Å². The van der Waals surface area contributed by atoms with E-state index in [1.807, 2.05) is 13.1 Å². The maximum atomic E-state index is 5.50. The number of nitrogens with zero attached hydrogens (tertiary/aromatic N) is 3. The number of nitrogen functional groups attached to an aromatic ring is 1. The van der Waals surface area contributed by atoms with Gasteiger partial charge in [-0.05, 0) is 24.5 Å². The first-order valence-corrected chi connectivity index (χ1v) is 7.24. The zero-order valence-electron chi connectivity index (χ0n) is 12.9. The molecule has 21 heavy (non-hydrogen) atoms. The first-order valence-electron chi connectivity index (χ1n) is 7.24. The van der Waals surface area contributed by atoms with Crippen LogP contribution >= 0.6 is 0 Å². The summed E-state index contributed by atoms with van der Waals surface area (Å²) in [5.41, 5.74) is 5.19. The van der Waals surface area contributed by atoms with Crippen LogP contribution in [0.1, 0.15) is 30.3 Å². The van der Waals surface area contributed by atoms with Crippen molar-refractivity contribution in [1.29, 1.82) is 0 Å². The Labute approximate surface area is 126 Å². The molecule has 5 heteroatoms. The van der Waals surface area contributed by atoms with E-state index in [0.717, 1.165) is 31.0 Å². The highest BCUT2D eigenvalue weighted by atomic mass is 15.3. The van der Waals surface area contributed by atoms with E-state index in [9.17, 15) is 0 Å². The van der Waals surface area contributed by atoms with Gasteiger partial charge in [0.1, 0.15) is 17.5 Å².